The summed E-state index contributed by atoms with van der Waals surface area (Å²) in [4.78, 5) is 11.2. The molecule has 1 atom stereocenters. The molecule has 4 rings (SSSR count). The zero-order valence-electron chi connectivity index (χ0n) is 17.4. The topological polar surface area (TPSA) is 76.7 Å². The molecule has 0 heterocycles. The third-order valence-electron chi connectivity index (χ3n) is 4.61. The zero-order chi connectivity index (χ0) is 22.3. The standard InChI is InChI=1S/C25H22N2O4S/c1-18(28)26-22-9-4-6-19(16-22)17-30-32(29)27-21-12-14-23(15-13-21)31-25-11-5-8-20-7-2-3-10-24(20)25/h2-16,27H,17H2,1H3,(H,26,28). The van der Waals surface area contributed by atoms with Crippen LogP contribution in [0.1, 0.15) is 12.5 Å². The minimum Gasteiger partial charge on any atom is -0.457 e. The second-order valence-electron chi connectivity index (χ2n) is 7.08. The second-order valence-corrected chi connectivity index (χ2v) is 7.99. The van der Waals surface area contributed by atoms with Crippen LogP contribution in [-0.2, 0) is 26.9 Å². The summed E-state index contributed by atoms with van der Waals surface area (Å²) in [6, 6.07) is 28.3. The van der Waals surface area contributed by atoms with Crippen molar-refractivity contribution >= 4 is 39.3 Å². The Hall–Kier alpha value is -3.68. The van der Waals surface area contributed by atoms with Gasteiger partial charge in [0, 0.05) is 23.7 Å². The average Bonchev–Trinajstić information content (AvgIpc) is 2.79. The molecule has 32 heavy (non-hydrogen) atoms. The van der Waals surface area contributed by atoms with E-state index in [2.05, 4.69) is 10.0 Å². The smallest absolute Gasteiger partial charge is 0.262 e. The normalized spacial score (nSPS) is 11.7. The van der Waals surface area contributed by atoms with Crippen molar-refractivity contribution in [3.8, 4) is 11.5 Å². The number of hydrogen-bond donors (Lipinski definition) is 2. The van der Waals surface area contributed by atoms with E-state index < -0.39 is 11.3 Å². The number of carbonyl (C=O) groups excluding carboxylic acids is 1. The van der Waals surface area contributed by atoms with E-state index in [-0.39, 0.29) is 12.5 Å². The molecule has 0 aliphatic rings. The fourth-order valence-corrected chi connectivity index (χ4v) is 3.82. The first-order valence-electron chi connectivity index (χ1n) is 10.0. The van der Waals surface area contributed by atoms with Crippen LogP contribution in [0.15, 0.2) is 91.0 Å². The van der Waals surface area contributed by atoms with E-state index in [4.69, 9.17) is 8.92 Å². The highest BCUT2D eigenvalue weighted by Crippen LogP contribution is 2.30. The minimum absolute atomic E-state index is 0.134. The quantitative estimate of drug-likeness (QED) is 0.359. The predicted molar refractivity (Wildman–Crippen MR) is 128 cm³/mol. The predicted octanol–water partition coefficient (Wildman–Crippen LogP) is 5.80. The number of anilines is 2. The van der Waals surface area contributed by atoms with Gasteiger partial charge in [-0.2, -0.15) is 0 Å². The van der Waals surface area contributed by atoms with Crippen molar-refractivity contribution in [3.63, 3.8) is 0 Å². The Bertz CT molecular complexity index is 1250. The van der Waals surface area contributed by atoms with Gasteiger partial charge in [-0.05, 0) is 53.4 Å². The summed E-state index contributed by atoms with van der Waals surface area (Å²) in [5.74, 6) is 1.30. The van der Waals surface area contributed by atoms with Crippen LogP contribution in [0.2, 0.25) is 0 Å². The SMILES string of the molecule is CC(=O)Nc1cccc(COS(=O)Nc2ccc(Oc3cccc4ccccc34)cc2)c1. The van der Waals surface area contributed by atoms with Gasteiger partial charge >= 0.3 is 0 Å². The third kappa shape index (κ3) is 5.72. The van der Waals surface area contributed by atoms with Crippen LogP contribution < -0.4 is 14.8 Å². The van der Waals surface area contributed by atoms with Gasteiger partial charge in [-0.25, -0.2) is 4.21 Å². The van der Waals surface area contributed by atoms with Crippen molar-refractivity contribution in [2.24, 2.45) is 0 Å². The molecule has 7 heteroatoms. The second kappa shape index (κ2) is 10.1. The first-order chi connectivity index (χ1) is 15.6. The molecule has 0 aliphatic carbocycles. The van der Waals surface area contributed by atoms with Gasteiger partial charge in [-0.3, -0.25) is 13.7 Å². The highest BCUT2D eigenvalue weighted by atomic mass is 32.2. The van der Waals surface area contributed by atoms with Gasteiger partial charge in [-0.15, -0.1) is 0 Å². The van der Waals surface area contributed by atoms with Gasteiger partial charge in [0.2, 0.25) is 5.91 Å². The number of hydrogen-bond acceptors (Lipinski definition) is 4. The molecule has 2 N–H and O–H groups in total. The molecule has 162 valence electrons. The van der Waals surface area contributed by atoms with Gasteiger partial charge in [-0.1, -0.05) is 48.5 Å². The maximum atomic E-state index is 12.2. The van der Waals surface area contributed by atoms with Crippen molar-refractivity contribution in [1.82, 2.24) is 0 Å². The highest BCUT2D eigenvalue weighted by Gasteiger charge is 2.06. The maximum Gasteiger partial charge on any atom is 0.262 e. The van der Waals surface area contributed by atoms with Crippen LogP contribution in [0.5, 0.6) is 11.5 Å². The van der Waals surface area contributed by atoms with Crippen LogP contribution in [0.25, 0.3) is 10.8 Å². The lowest BCUT2D eigenvalue weighted by Gasteiger charge is -2.10. The van der Waals surface area contributed by atoms with Crippen molar-refractivity contribution < 1.29 is 17.9 Å². The van der Waals surface area contributed by atoms with Gasteiger partial charge in [0.1, 0.15) is 11.5 Å². The van der Waals surface area contributed by atoms with Crippen molar-refractivity contribution in [3.05, 3.63) is 96.6 Å². The molecule has 0 bridgehead atoms. The van der Waals surface area contributed by atoms with Gasteiger partial charge in [0.05, 0.1) is 6.61 Å². The Labute approximate surface area is 189 Å². The number of amides is 1. The average molecular weight is 447 g/mol. The summed E-state index contributed by atoms with van der Waals surface area (Å²) in [5.41, 5.74) is 2.10. The summed E-state index contributed by atoms with van der Waals surface area (Å²) >= 11 is -1.73. The Morgan fingerprint density at radius 2 is 1.62 bits per heavy atom. The minimum atomic E-state index is -1.73. The lowest BCUT2D eigenvalue weighted by Crippen LogP contribution is -2.09. The summed E-state index contributed by atoms with van der Waals surface area (Å²) in [6.07, 6.45) is 0. The highest BCUT2D eigenvalue weighted by molar-refractivity contribution is 7.81. The summed E-state index contributed by atoms with van der Waals surface area (Å²) in [5, 5.41) is 4.85. The summed E-state index contributed by atoms with van der Waals surface area (Å²) in [6.45, 7) is 1.58. The Balaban J connectivity index is 1.33. The van der Waals surface area contributed by atoms with Crippen LogP contribution in [0, 0.1) is 0 Å². The Morgan fingerprint density at radius 3 is 2.44 bits per heavy atom. The molecule has 0 fully saturated rings. The van der Waals surface area contributed by atoms with Crippen molar-refractivity contribution in [2.45, 2.75) is 13.5 Å². The fourth-order valence-electron chi connectivity index (χ4n) is 3.19. The molecule has 0 radical (unpaired) electrons. The van der Waals surface area contributed by atoms with Crippen LogP contribution in [-0.4, -0.2) is 10.1 Å². The zero-order valence-corrected chi connectivity index (χ0v) is 18.2. The number of ether oxygens (including phenoxy) is 1. The molecule has 6 nitrogen and oxygen atoms in total. The van der Waals surface area contributed by atoms with Crippen molar-refractivity contribution in [2.75, 3.05) is 10.0 Å². The molecular weight excluding hydrogens is 424 g/mol. The summed E-state index contributed by atoms with van der Waals surface area (Å²) in [7, 11) is 0. The van der Waals surface area contributed by atoms with E-state index in [0.717, 1.165) is 22.1 Å². The first-order valence-corrected chi connectivity index (χ1v) is 11.1. The molecule has 4 aromatic carbocycles. The monoisotopic (exact) mass is 446 g/mol. The lowest BCUT2D eigenvalue weighted by molar-refractivity contribution is -0.114. The van der Waals surface area contributed by atoms with E-state index in [9.17, 15) is 9.00 Å². The molecule has 4 aromatic rings. The van der Waals surface area contributed by atoms with Crippen molar-refractivity contribution in [1.29, 1.82) is 0 Å². The van der Waals surface area contributed by atoms with E-state index in [1.54, 1.807) is 42.5 Å². The number of rotatable bonds is 8. The largest absolute Gasteiger partial charge is 0.457 e. The molecule has 1 amide bonds. The maximum absolute atomic E-state index is 12.2. The van der Waals surface area contributed by atoms with E-state index >= 15 is 0 Å². The fraction of sp³-hybridized carbons (Fsp3) is 0.0800. The molecule has 0 saturated carbocycles. The van der Waals surface area contributed by atoms with Gasteiger partial charge < -0.3 is 10.1 Å². The number of nitrogens with one attached hydrogen (secondary N) is 2. The summed E-state index contributed by atoms with van der Waals surface area (Å²) < 4.78 is 26.5. The van der Waals surface area contributed by atoms with E-state index in [1.165, 1.54) is 6.92 Å². The van der Waals surface area contributed by atoms with Gasteiger partial charge in [0.25, 0.3) is 11.3 Å². The molecule has 0 spiro atoms. The Kier molecular flexibility index (Phi) is 6.79. The lowest BCUT2D eigenvalue weighted by atomic mass is 10.1. The molecular formula is C25H22N2O4S. The molecule has 1 unspecified atom stereocenters. The van der Waals surface area contributed by atoms with E-state index in [1.807, 2.05) is 48.5 Å². The molecule has 0 aromatic heterocycles. The van der Waals surface area contributed by atoms with Crippen LogP contribution >= 0.6 is 0 Å². The van der Waals surface area contributed by atoms with Crippen LogP contribution in [0.4, 0.5) is 11.4 Å². The third-order valence-corrected chi connectivity index (χ3v) is 5.35. The first kappa shape index (κ1) is 21.5. The molecule has 0 saturated heterocycles. The van der Waals surface area contributed by atoms with E-state index in [0.29, 0.717) is 17.1 Å². The Morgan fingerprint density at radius 1 is 0.875 bits per heavy atom. The number of fused-ring (bicyclic) bond motifs is 1. The van der Waals surface area contributed by atoms with Gasteiger partial charge in [0.15, 0.2) is 0 Å². The number of benzene rings is 4. The van der Waals surface area contributed by atoms with Crippen LogP contribution in [0.3, 0.4) is 0 Å². The number of carbonyl (C=O) groups is 1. The molecule has 0 aliphatic heterocycles.